The highest BCUT2D eigenvalue weighted by Crippen LogP contribution is 2.29. The van der Waals surface area contributed by atoms with Crippen LogP contribution in [0.1, 0.15) is 5.56 Å². The fourth-order valence-electron chi connectivity index (χ4n) is 3.14. The lowest BCUT2D eigenvalue weighted by molar-refractivity contribution is 0.415. The molecule has 0 aliphatic rings. The molecule has 6 nitrogen and oxygen atoms in total. The zero-order valence-electron chi connectivity index (χ0n) is 15.7. The van der Waals surface area contributed by atoms with Crippen LogP contribution >= 0.6 is 0 Å². The van der Waals surface area contributed by atoms with Crippen LogP contribution in [0.4, 0.5) is 8.78 Å². The molecule has 1 heterocycles. The number of hydrogen-bond acceptors (Lipinski definition) is 4. The van der Waals surface area contributed by atoms with Crippen molar-refractivity contribution < 1.29 is 22.3 Å². The molecular formula is C21H16F2N3O3S-. The van der Waals surface area contributed by atoms with Crippen LogP contribution in [0.25, 0.3) is 33.5 Å². The van der Waals surface area contributed by atoms with E-state index < -0.39 is 22.9 Å². The second-order valence-corrected chi connectivity index (χ2v) is 7.28. The van der Waals surface area contributed by atoms with Crippen LogP contribution in [0.15, 0.2) is 54.6 Å². The van der Waals surface area contributed by atoms with Gasteiger partial charge < -0.3 is 14.3 Å². The number of methoxy groups -OCH3 is 1. The van der Waals surface area contributed by atoms with Crippen molar-refractivity contribution in [3.8, 4) is 28.3 Å². The molecule has 1 aromatic heterocycles. The maximum atomic E-state index is 14.8. The van der Waals surface area contributed by atoms with Crippen LogP contribution in [-0.2, 0) is 17.8 Å². The monoisotopic (exact) mass is 428 g/mol. The van der Waals surface area contributed by atoms with Gasteiger partial charge in [0.15, 0.2) is 0 Å². The van der Waals surface area contributed by atoms with Crippen molar-refractivity contribution in [2.75, 3.05) is 7.11 Å². The molecule has 0 amide bonds. The number of aromatic amines is 1. The summed E-state index contributed by atoms with van der Waals surface area (Å²) >= 11 is -2.48. The molecule has 0 aliphatic carbocycles. The molecule has 1 unspecified atom stereocenters. The predicted molar refractivity (Wildman–Crippen MR) is 109 cm³/mol. The molecule has 0 radical (unpaired) electrons. The maximum Gasteiger partial charge on any atom is 0.141 e. The number of halogens is 2. The molecule has 0 spiro atoms. The number of H-pyrrole nitrogens is 1. The van der Waals surface area contributed by atoms with Gasteiger partial charge in [0.1, 0.15) is 23.2 Å². The first-order valence-electron chi connectivity index (χ1n) is 8.90. The lowest BCUT2D eigenvalue weighted by Crippen LogP contribution is -2.16. The third-order valence-corrected chi connectivity index (χ3v) is 5.06. The summed E-state index contributed by atoms with van der Waals surface area (Å²) in [5.41, 5.74) is 2.84. The van der Waals surface area contributed by atoms with Crippen LogP contribution < -0.4 is 9.46 Å². The Morgan fingerprint density at radius 2 is 1.80 bits per heavy atom. The Bertz CT molecular complexity index is 1260. The Morgan fingerprint density at radius 3 is 2.47 bits per heavy atom. The predicted octanol–water partition coefficient (Wildman–Crippen LogP) is 4.07. The lowest BCUT2D eigenvalue weighted by atomic mass is 10.0. The third-order valence-electron chi connectivity index (χ3n) is 4.68. The molecule has 4 rings (SSSR count). The van der Waals surface area contributed by atoms with E-state index in [9.17, 15) is 17.5 Å². The van der Waals surface area contributed by atoms with E-state index in [2.05, 4.69) is 14.7 Å². The highest BCUT2D eigenvalue weighted by molar-refractivity contribution is 7.77. The van der Waals surface area contributed by atoms with E-state index in [1.807, 2.05) is 0 Å². The molecule has 2 N–H and O–H groups in total. The summed E-state index contributed by atoms with van der Waals surface area (Å²) in [5, 5.41) is 0. The Kier molecular flexibility index (Phi) is 5.58. The zero-order valence-corrected chi connectivity index (χ0v) is 16.6. The largest absolute Gasteiger partial charge is 0.760 e. The van der Waals surface area contributed by atoms with Gasteiger partial charge in [-0.25, -0.2) is 18.5 Å². The fourth-order valence-corrected chi connectivity index (χ4v) is 3.41. The first-order valence-corrected chi connectivity index (χ1v) is 9.97. The van der Waals surface area contributed by atoms with Crippen molar-refractivity contribution in [3.63, 3.8) is 0 Å². The molecule has 1 atom stereocenters. The van der Waals surface area contributed by atoms with Crippen LogP contribution in [0.3, 0.4) is 0 Å². The molecular weight excluding hydrogens is 412 g/mol. The molecule has 0 bridgehead atoms. The van der Waals surface area contributed by atoms with E-state index in [1.54, 1.807) is 43.5 Å². The van der Waals surface area contributed by atoms with E-state index >= 15 is 0 Å². The minimum Gasteiger partial charge on any atom is -0.760 e. The SMILES string of the molecule is COc1ccc2nc(-c3ccc(-c4ccc(CNS(=O)[O-])c(F)c4)cc3F)[nH]c2c1. The number of imidazole rings is 1. The van der Waals surface area contributed by atoms with Crippen LogP contribution in [0.5, 0.6) is 5.75 Å². The first-order chi connectivity index (χ1) is 14.4. The van der Waals surface area contributed by atoms with Gasteiger partial charge in [-0.3, -0.25) is 4.21 Å². The minimum absolute atomic E-state index is 0.160. The summed E-state index contributed by atoms with van der Waals surface area (Å²) < 4.78 is 57.5. The summed E-state index contributed by atoms with van der Waals surface area (Å²) in [6.07, 6.45) is 0. The fraction of sp³-hybridized carbons (Fsp3) is 0.0952. The summed E-state index contributed by atoms with van der Waals surface area (Å²) in [5.74, 6) is -0.0520. The molecule has 154 valence electrons. The maximum absolute atomic E-state index is 14.8. The normalized spacial score (nSPS) is 12.3. The number of nitrogens with one attached hydrogen (secondary N) is 2. The number of aromatic nitrogens is 2. The average molecular weight is 428 g/mol. The highest BCUT2D eigenvalue weighted by atomic mass is 32.2. The molecule has 3 aromatic carbocycles. The Labute approximate surface area is 173 Å². The molecule has 0 fully saturated rings. The summed E-state index contributed by atoms with van der Waals surface area (Å²) in [6, 6.07) is 14.2. The van der Waals surface area contributed by atoms with E-state index in [0.29, 0.717) is 28.2 Å². The summed E-state index contributed by atoms with van der Waals surface area (Å²) in [4.78, 5) is 7.49. The summed E-state index contributed by atoms with van der Waals surface area (Å²) in [6.45, 7) is -0.160. The molecule has 0 saturated carbocycles. The van der Waals surface area contributed by atoms with E-state index in [1.165, 1.54) is 18.2 Å². The van der Waals surface area contributed by atoms with Gasteiger partial charge in [0.05, 0.1) is 23.7 Å². The van der Waals surface area contributed by atoms with Crippen molar-refractivity contribution in [1.82, 2.24) is 14.7 Å². The van der Waals surface area contributed by atoms with Gasteiger partial charge in [-0.15, -0.1) is 0 Å². The van der Waals surface area contributed by atoms with Crippen molar-refractivity contribution in [1.29, 1.82) is 0 Å². The zero-order chi connectivity index (χ0) is 21.3. The van der Waals surface area contributed by atoms with Crippen LogP contribution in [0.2, 0.25) is 0 Å². The van der Waals surface area contributed by atoms with E-state index in [0.717, 1.165) is 5.52 Å². The van der Waals surface area contributed by atoms with Crippen molar-refractivity contribution in [2.24, 2.45) is 0 Å². The number of hydrogen-bond donors (Lipinski definition) is 2. The molecule has 0 saturated heterocycles. The quantitative estimate of drug-likeness (QED) is 0.453. The average Bonchev–Trinajstić information content (AvgIpc) is 3.15. The number of fused-ring (bicyclic) bond motifs is 1. The van der Waals surface area contributed by atoms with Gasteiger partial charge in [-0.05, 0) is 41.5 Å². The van der Waals surface area contributed by atoms with Crippen molar-refractivity contribution in [2.45, 2.75) is 6.54 Å². The Hall–Kier alpha value is -3.14. The van der Waals surface area contributed by atoms with Gasteiger partial charge in [-0.1, -0.05) is 18.2 Å². The first kappa shape index (κ1) is 20.1. The second-order valence-electron chi connectivity index (χ2n) is 6.53. The van der Waals surface area contributed by atoms with Crippen LogP contribution in [-0.4, -0.2) is 25.8 Å². The molecule has 9 heteroatoms. The number of rotatable bonds is 6. The van der Waals surface area contributed by atoms with Gasteiger partial charge in [-0.2, -0.15) is 0 Å². The van der Waals surface area contributed by atoms with Gasteiger partial charge >= 0.3 is 0 Å². The molecule has 4 aromatic rings. The van der Waals surface area contributed by atoms with E-state index in [-0.39, 0.29) is 17.7 Å². The van der Waals surface area contributed by atoms with Gasteiger partial charge in [0.25, 0.3) is 0 Å². The van der Waals surface area contributed by atoms with Crippen molar-refractivity contribution in [3.05, 3.63) is 71.8 Å². The smallest absolute Gasteiger partial charge is 0.141 e. The van der Waals surface area contributed by atoms with Crippen molar-refractivity contribution >= 4 is 22.3 Å². The van der Waals surface area contributed by atoms with Crippen LogP contribution in [0, 0.1) is 11.6 Å². The minimum atomic E-state index is -2.48. The van der Waals surface area contributed by atoms with Gasteiger partial charge in [0, 0.05) is 29.4 Å². The number of nitrogens with zero attached hydrogens (tertiary/aromatic N) is 1. The topological polar surface area (TPSA) is 90.1 Å². The Balaban J connectivity index is 1.63. The van der Waals surface area contributed by atoms with E-state index in [4.69, 9.17) is 4.74 Å². The number of benzene rings is 3. The number of ether oxygens (including phenoxy) is 1. The summed E-state index contributed by atoms with van der Waals surface area (Å²) in [7, 11) is 1.56. The molecule has 30 heavy (non-hydrogen) atoms. The molecule has 0 aliphatic heterocycles. The Morgan fingerprint density at radius 1 is 1.07 bits per heavy atom. The lowest BCUT2D eigenvalue weighted by Gasteiger charge is -2.10. The van der Waals surface area contributed by atoms with Gasteiger partial charge in [0.2, 0.25) is 0 Å². The third kappa shape index (κ3) is 4.09. The highest BCUT2D eigenvalue weighted by Gasteiger charge is 2.13. The second kappa shape index (κ2) is 8.31. The standard InChI is InChI=1S/C21H17F2N3O3S/c1-29-15-5-7-19-20(10-15)26-21(25-19)16-6-4-13(9-18(16)23)12-2-3-14(17(22)8-12)11-24-30(27)28/h2-10,24H,11H2,1H3,(H,25,26)(H,27,28)/p-1.